The summed E-state index contributed by atoms with van der Waals surface area (Å²) in [7, 11) is 0. The van der Waals surface area contributed by atoms with E-state index in [0.29, 0.717) is 5.56 Å². The standard InChI is InChI=1S/C15H11BrF4O/c1-8-6-12(18)10(7-11(8)17)14(16)9-4-2-3-5-13(9)21-15(19)20/h2-7,14-15H,1H3. The molecule has 0 bridgehead atoms. The molecule has 1 unspecified atom stereocenters. The van der Waals surface area contributed by atoms with E-state index in [0.717, 1.165) is 12.1 Å². The van der Waals surface area contributed by atoms with Crippen LogP contribution < -0.4 is 4.74 Å². The Morgan fingerprint density at radius 1 is 1.00 bits per heavy atom. The van der Waals surface area contributed by atoms with Gasteiger partial charge in [0.1, 0.15) is 17.4 Å². The highest BCUT2D eigenvalue weighted by atomic mass is 79.9. The molecule has 0 aromatic heterocycles. The third-order valence-electron chi connectivity index (χ3n) is 2.96. The first kappa shape index (κ1) is 15.8. The number of halogens is 5. The van der Waals surface area contributed by atoms with Crippen LogP contribution in [0.25, 0.3) is 0 Å². The van der Waals surface area contributed by atoms with E-state index in [4.69, 9.17) is 0 Å². The molecule has 0 aliphatic heterocycles. The Balaban J connectivity index is 2.45. The molecule has 0 radical (unpaired) electrons. The van der Waals surface area contributed by atoms with Crippen molar-refractivity contribution in [3.63, 3.8) is 0 Å². The van der Waals surface area contributed by atoms with Crippen molar-refractivity contribution in [3.8, 4) is 5.75 Å². The Bertz CT molecular complexity index is 646. The summed E-state index contributed by atoms with van der Waals surface area (Å²) in [5, 5.41) is 0. The van der Waals surface area contributed by atoms with E-state index in [9.17, 15) is 17.6 Å². The predicted molar refractivity (Wildman–Crippen MR) is 74.9 cm³/mol. The minimum Gasteiger partial charge on any atom is -0.434 e. The maximum Gasteiger partial charge on any atom is 0.387 e. The topological polar surface area (TPSA) is 9.23 Å². The van der Waals surface area contributed by atoms with E-state index in [1.165, 1.54) is 25.1 Å². The van der Waals surface area contributed by atoms with Gasteiger partial charge in [0, 0.05) is 11.1 Å². The summed E-state index contributed by atoms with van der Waals surface area (Å²) in [5.74, 6) is -1.28. The summed E-state index contributed by atoms with van der Waals surface area (Å²) < 4.78 is 56.8. The number of alkyl halides is 3. The molecule has 1 nitrogen and oxygen atoms in total. The van der Waals surface area contributed by atoms with Crippen LogP contribution in [-0.2, 0) is 0 Å². The van der Waals surface area contributed by atoms with Crippen LogP contribution in [0.4, 0.5) is 17.6 Å². The Kier molecular flexibility index (Phi) is 4.88. The first-order valence-corrected chi connectivity index (χ1v) is 6.95. The second kappa shape index (κ2) is 6.47. The van der Waals surface area contributed by atoms with Gasteiger partial charge in [0.25, 0.3) is 0 Å². The second-order valence-electron chi connectivity index (χ2n) is 4.40. The number of rotatable bonds is 4. The van der Waals surface area contributed by atoms with Gasteiger partial charge in [-0.15, -0.1) is 0 Å². The van der Waals surface area contributed by atoms with Crippen molar-refractivity contribution in [2.24, 2.45) is 0 Å². The first-order valence-electron chi connectivity index (χ1n) is 6.03. The summed E-state index contributed by atoms with van der Waals surface area (Å²) in [6, 6.07) is 8.09. The number of ether oxygens (including phenoxy) is 1. The van der Waals surface area contributed by atoms with Crippen LogP contribution >= 0.6 is 15.9 Å². The lowest BCUT2D eigenvalue weighted by Crippen LogP contribution is -2.06. The van der Waals surface area contributed by atoms with Gasteiger partial charge in [-0.1, -0.05) is 34.1 Å². The molecule has 0 aliphatic carbocycles. The highest BCUT2D eigenvalue weighted by molar-refractivity contribution is 9.09. The quantitative estimate of drug-likeness (QED) is 0.525. The van der Waals surface area contributed by atoms with Crippen molar-refractivity contribution in [2.75, 3.05) is 0 Å². The molecule has 2 aromatic rings. The van der Waals surface area contributed by atoms with Crippen molar-refractivity contribution in [1.82, 2.24) is 0 Å². The highest BCUT2D eigenvalue weighted by Crippen LogP contribution is 2.38. The molecule has 0 aliphatic rings. The molecule has 0 saturated heterocycles. The zero-order valence-corrected chi connectivity index (χ0v) is 12.5. The summed E-state index contributed by atoms with van der Waals surface area (Å²) >= 11 is 3.21. The van der Waals surface area contributed by atoms with Crippen LogP contribution in [0.5, 0.6) is 5.75 Å². The summed E-state index contributed by atoms with van der Waals surface area (Å²) in [6.45, 7) is -1.55. The molecular weight excluding hydrogens is 352 g/mol. The van der Waals surface area contributed by atoms with Crippen molar-refractivity contribution in [2.45, 2.75) is 18.4 Å². The lowest BCUT2D eigenvalue weighted by Gasteiger charge is -2.16. The van der Waals surface area contributed by atoms with Crippen molar-refractivity contribution >= 4 is 15.9 Å². The van der Waals surface area contributed by atoms with Crippen LogP contribution in [0.1, 0.15) is 21.5 Å². The van der Waals surface area contributed by atoms with Gasteiger partial charge in [0.2, 0.25) is 0 Å². The molecule has 0 spiro atoms. The predicted octanol–water partition coefficient (Wildman–Crippen LogP) is 5.36. The molecule has 0 N–H and O–H groups in total. The first-order chi connectivity index (χ1) is 9.90. The molecular formula is C15H11BrF4O. The van der Waals surface area contributed by atoms with Gasteiger partial charge in [-0.3, -0.25) is 0 Å². The maximum atomic E-state index is 14.0. The monoisotopic (exact) mass is 362 g/mol. The Hall–Kier alpha value is -1.56. The van der Waals surface area contributed by atoms with Gasteiger partial charge >= 0.3 is 6.61 Å². The van der Waals surface area contributed by atoms with Gasteiger partial charge < -0.3 is 4.74 Å². The molecule has 0 amide bonds. The lowest BCUT2D eigenvalue weighted by molar-refractivity contribution is -0.0503. The fourth-order valence-corrected chi connectivity index (χ4v) is 2.65. The number of hydrogen-bond donors (Lipinski definition) is 0. The lowest BCUT2D eigenvalue weighted by atomic mass is 10.0. The molecule has 1 atom stereocenters. The fraction of sp³-hybridized carbons (Fsp3) is 0.200. The SMILES string of the molecule is Cc1cc(F)c(C(Br)c2ccccc2OC(F)F)cc1F. The van der Waals surface area contributed by atoms with E-state index < -0.39 is 23.1 Å². The Morgan fingerprint density at radius 3 is 2.33 bits per heavy atom. The van der Waals surface area contributed by atoms with Crippen molar-refractivity contribution in [3.05, 3.63) is 64.7 Å². The molecule has 6 heteroatoms. The van der Waals surface area contributed by atoms with E-state index in [-0.39, 0.29) is 16.9 Å². The minimum absolute atomic E-state index is 0.0171. The van der Waals surface area contributed by atoms with E-state index >= 15 is 0 Å². The maximum absolute atomic E-state index is 14.0. The zero-order chi connectivity index (χ0) is 15.6. The number of aryl methyl sites for hydroxylation is 1. The van der Waals surface area contributed by atoms with Gasteiger partial charge in [-0.2, -0.15) is 8.78 Å². The van der Waals surface area contributed by atoms with Crippen LogP contribution in [0.3, 0.4) is 0 Å². The summed E-state index contributed by atoms with van der Waals surface area (Å²) in [5.41, 5.74) is 0.483. The highest BCUT2D eigenvalue weighted by Gasteiger charge is 2.21. The zero-order valence-electron chi connectivity index (χ0n) is 10.9. The van der Waals surface area contributed by atoms with Crippen molar-refractivity contribution in [1.29, 1.82) is 0 Å². The molecule has 0 heterocycles. The third kappa shape index (κ3) is 3.56. The number of hydrogen-bond acceptors (Lipinski definition) is 1. The normalized spacial score (nSPS) is 12.5. The van der Waals surface area contributed by atoms with Crippen LogP contribution in [0, 0.1) is 18.6 Å². The van der Waals surface area contributed by atoms with Crippen LogP contribution in [0.15, 0.2) is 36.4 Å². The molecule has 0 saturated carbocycles. The van der Waals surface area contributed by atoms with Gasteiger partial charge in [-0.05, 0) is 30.7 Å². The molecule has 0 fully saturated rings. The Labute approximate surface area is 127 Å². The summed E-state index contributed by atoms with van der Waals surface area (Å²) in [6.07, 6.45) is 0. The summed E-state index contributed by atoms with van der Waals surface area (Å²) in [4.78, 5) is -0.803. The smallest absolute Gasteiger partial charge is 0.387 e. The third-order valence-corrected chi connectivity index (χ3v) is 3.95. The average molecular weight is 363 g/mol. The van der Waals surface area contributed by atoms with Gasteiger partial charge in [-0.25, -0.2) is 8.78 Å². The second-order valence-corrected chi connectivity index (χ2v) is 5.32. The van der Waals surface area contributed by atoms with Crippen LogP contribution in [-0.4, -0.2) is 6.61 Å². The minimum atomic E-state index is -2.99. The molecule has 2 rings (SSSR count). The molecule has 2 aromatic carbocycles. The molecule has 21 heavy (non-hydrogen) atoms. The number of para-hydroxylation sites is 1. The molecule has 112 valence electrons. The van der Waals surface area contributed by atoms with E-state index in [1.54, 1.807) is 6.07 Å². The van der Waals surface area contributed by atoms with Crippen molar-refractivity contribution < 1.29 is 22.3 Å². The average Bonchev–Trinajstić information content (AvgIpc) is 2.42. The van der Waals surface area contributed by atoms with Gasteiger partial charge in [0.15, 0.2) is 0 Å². The van der Waals surface area contributed by atoms with Gasteiger partial charge in [0.05, 0.1) is 4.83 Å². The number of benzene rings is 2. The fourth-order valence-electron chi connectivity index (χ4n) is 1.92. The largest absolute Gasteiger partial charge is 0.434 e. The Morgan fingerprint density at radius 2 is 1.67 bits per heavy atom. The van der Waals surface area contributed by atoms with E-state index in [2.05, 4.69) is 20.7 Å². The van der Waals surface area contributed by atoms with Crippen LogP contribution in [0.2, 0.25) is 0 Å². The van der Waals surface area contributed by atoms with E-state index in [1.807, 2.05) is 0 Å².